The molecular weight excluding hydrogens is 406 g/mol. The number of carbonyl (C=O) groups excluding carboxylic acids is 1. The van der Waals surface area contributed by atoms with Crippen LogP contribution in [0.15, 0.2) is 33.5 Å². The van der Waals surface area contributed by atoms with E-state index in [0.29, 0.717) is 18.7 Å². The molecule has 1 fully saturated rings. The highest BCUT2D eigenvalue weighted by atomic mass is 16.4. The maximum absolute atomic E-state index is 13.0. The minimum Gasteiger partial charge on any atom is -0.408 e. The first kappa shape index (κ1) is 20.7. The normalized spacial score (nSPS) is 18.8. The van der Waals surface area contributed by atoms with Gasteiger partial charge in [0.25, 0.3) is 0 Å². The van der Waals surface area contributed by atoms with Crippen molar-refractivity contribution in [2.75, 3.05) is 31.6 Å². The zero-order chi connectivity index (χ0) is 22.2. The molecular formula is C24H29N5O3. The number of carbonyl (C=O) groups is 1. The molecule has 0 aliphatic carbocycles. The molecule has 0 radical (unpaired) electrons. The second-order valence-electron chi connectivity index (χ2n) is 8.91. The molecule has 3 aromatic rings. The van der Waals surface area contributed by atoms with Crippen molar-refractivity contribution in [1.82, 2.24) is 19.4 Å². The summed E-state index contributed by atoms with van der Waals surface area (Å²) in [7, 11) is 2.09. The second kappa shape index (κ2) is 8.41. The molecule has 0 saturated carbocycles. The molecule has 2 aliphatic heterocycles. The van der Waals surface area contributed by atoms with Gasteiger partial charge in [0.15, 0.2) is 5.58 Å². The van der Waals surface area contributed by atoms with Gasteiger partial charge in [0.05, 0.1) is 5.52 Å². The average molecular weight is 436 g/mol. The Bertz CT molecular complexity index is 1210. The van der Waals surface area contributed by atoms with Crippen LogP contribution in [0.25, 0.3) is 11.1 Å². The van der Waals surface area contributed by atoms with E-state index in [-0.39, 0.29) is 18.2 Å². The van der Waals surface area contributed by atoms with E-state index >= 15 is 0 Å². The van der Waals surface area contributed by atoms with Crippen molar-refractivity contribution in [1.29, 1.82) is 0 Å². The molecule has 1 amide bonds. The number of aromatic nitrogens is 3. The zero-order valence-corrected chi connectivity index (χ0v) is 18.7. The summed E-state index contributed by atoms with van der Waals surface area (Å²) in [5.74, 6) is 1.68. The average Bonchev–Trinajstić information content (AvgIpc) is 3.13. The van der Waals surface area contributed by atoms with Crippen LogP contribution in [0.2, 0.25) is 0 Å². The van der Waals surface area contributed by atoms with Crippen LogP contribution in [0.3, 0.4) is 0 Å². The number of oxazole rings is 1. The third-order valence-electron chi connectivity index (χ3n) is 6.75. The van der Waals surface area contributed by atoms with Crippen molar-refractivity contribution in [3.8, 4) is 0 Å². The Hall–Kier alpha value is -3.16. The Morgan fingerprint density at radius 1 is 1.19 bits per heavy atom. The number of likely N-dealkylation sites (tertiary alicyclic amines) is 1. The summed E-state index contributed by atoms with van der Waals surface area (Å²) in [6.45, 7) is 4.76. The summed E-state index contributed by atoms with van der Waals surface area (Å²) in [5, 5.41) is 0. The molecule has 1 aromatic carbocycles. The lowest BCUT2D eigenvalue weighted by atomic mass is 9.96. The molecule has 0 N–H and O–H groups in total. The maximum Gasteiger partial charge on any atom is 0.419 e. The van der Waals surface area contributed by atoms with E-state index < -0.39 is 5.76 Å². The van der Waals surface area contributed by atoms with E-state index in [2.05, 4.69) is 18.9 Å². The number of benzene rings is 1. The second-order valence-corrected chi connectivity index (χ2v) is 8.91. The first-order chi connectivity index (χ1) is 15.5. The third kappa shape index (κ3) is 3.78. The van der Waals surface area contributed by atoms with Crippen molar-refractivity contribution in [3.05, 3.63) is 51.9 Å². The number of piperidine rings is 1. The summed E-state index contributed by atoms with van der Waals surface area (Å²) in [4.78, 5) is 39.1. The highest BCUT2D eigenvalue weighted by Crippen LogP contribution is 2.31. The molecule has 8 heteroatoms. The fourth-order valence-corrected chi connectivity index (χ4v) is 5.00. The monoisotopic (exact) mass is 435 g/mol. The van der Waals surface area contributed by atoms with Crippen LogP contribution in [-0.2, 0) is 17.8 Å². The lowest BCUT2D eigenvalue weighted by Crippen LogP contribution is -2.40. The first-order valence-electron chi connectivity index (χ1n) is 11.5. The molecule has 168 valence electrons. The van der Waals surface area contributed by atoms with Crippen LogP contribution < -0.4 is 10.7 Å². The molecule has 1 atom stereocenters. The van der Waals surface area contributed by atoms with Gasteiger partial charge in [0.1, 0.15) is 11.6 Å². The number of nitrogens with zero attached hydrogens (tertiary/aromatic N) is 5. The van der Waals surface area contributed by atoms with Crippen molar-refractivity contribution in [2.24, 2.45) is 0 Å². The van der Waals surface area contributed by atoms with Gasteiger partial charge in [-0.1, -0.05) is 12.1 Å². The highest BCUT2D eigenvalue weighted by Gasteiger charge is 2.29. The van der Waals surface area contributed by atoms with E-state index in [1.807, 2.05) is 23.1 Å². The van der Waals surface area contributed by atoms with Crippen LogP contribution in [0.1, 0.15) is 48.7 Å². The molecule has 4 heterocycles. The minimum atomic E-state index is -0.419. The fourth-order valence-electron chi connectivity index (χ4n) is 5.00. The smallest absolute Gasteiger partial charge is 0.408 e. The predicted octanol–water partition coefficient (Wildman–Crippen LogP) is 2.87. The topological polar surface area (TPSA) is 84.5 Å². The van der Waals surface area contributed by atoms with E-state index in [4.69, 9.17) is 14.4 Å². The summed E-state index contributed by atoms with van der Waals surface area (Å²) in [6, 6.07) is 7.30. The molecule has 2 aromatic heterocycles. The molecule has 5 rings (SSSR count). The van der Waals surface area contributed by atoms with Gasteiger partial charge in [-0.05, 0) is 44.7 Å². The molecule has 0 bridgehead atoms. The van der Waals surface area contributed by atoms with Crippen molar-refractivity contribution < 1.29 is 9.21 Å². The SMILES string of the molecule is Cc1nc([C@H]2CCCN(C(=O)CCn3c(=O)oc4ccccc43)C2)nc2c1CCCN2C. The number of aryl methyl sites for hydroxylation is 2. The number of hydrogen-bond acceptors (Lipinski definition) is 6. The summed E-state index contributed by atoms with van der Waals surface area (Å²) in [6.07, 6.45) is 4.34. The van der Waals surface area contributed by atoms with E-state index in [1.54, 1.807) is 10.6 Å². The number of amides is 1. The summed E-state index contributed by atoms with van der Waals surface area (Å²) >= 11 is 0. The Morgan fingerprint density at radius 2 is 2.03 bits per heavy atom. The molecule has 32 heavy (non-hydrogen) atoms. The van der Waals surface area contributed by atoms with Gasteiger partial charge >= 0.3 is 5.76 Å². The van der Waals surface area contributed by atoms with Gasteiger partial charge in [-0.2, -0.15) is 0 Å². The van der Waals surface area contributed by atoms with Crippen LogP contribution in [0.5, 0.6) is 0 Å². The van der Waals surface area contributed by atoms with Gasteiger partial charge in [0, 0.05) is 56.8 Å². The number of fused-ring (bicyclic) bond motifs is 2. The highest BCUT2D eigenvalue weighted by molar-refractivity contribution is 5.77. The van der Waals surface area contributed by atoms with Gasteiger partial charge in [-0.15, -0.1) is 0 Å². The predicted molar refractivity (Wildman–Crippen MR) is 122 cm³/mol. The zero-order valence-electron chi connectivity index (χ0n) is 18.7. The largest absolute Gasteiger partial charge is 0.419 e. The van der Waals surface area contributed by atoms with Gasteiger partial charge < -0.3 is 14.2 Å². The Kier molecular flexibility index (Phi) is 5.45. The maximum atomic E-state index is 13.0. The van der Waals surface area contributed by atoms with Gasteiger partial charge in [-0.25, -0.2) is 14.8 Å². The Labute approximate surface area is 186 Å². The van der Waals surface area contributed by atoms with Crippen molar-refractivity contribution in [3.63, 3.8) is 0 Å². The lowest BCUT2D eigenvalue weighted by molar-refractivity contribution is -0.132. The Morgan fingerprint density at radius 3 is 2.91 bits per heavy atom. The standard InChI is InChI=1S/C24H29N5O3/c1-16-18-8-6-12-27(2)23(18)26-22(25-16)17-7-5-13-28(15-17)21(30)11-14-29-19-9-3-4-10-20(19)32-24(29)31/h3-4,9-10,17H,5-8,11-15H2,1-2H3/t17-/m0/s1. The van der Waals surface area contributed by atoms with Gasteiger partial charge in [-0.3, -0.25) is 9.36 Å². The molecule has 2 aliphatic rings. The fraction of sp³-hybridized carbons (Fsp3) is 0.500. The molecule has 1 saturated heterocycles. The third-order valence-corrected chi connectivity index (χ3v) is 6.75. The Balaban J connectivity index is 1.29. The van der Waals surface area contributed by atoms with Crippen molar-refractivity contribution in [2.45, 2.75) is 51.5 Å². The van der Waals surface area contributed by atoms with Crippen LogP contribution in [0, 0.1) is 6.92 Å². The van der Waals surface area contributed by atoms with Crippen LogP contribution in [-0.4, -0.2) is 52.0 Å². The van der Waals surface area contributed by atoms with Crippen molar-refractivity contribution >= 4 is 22.8 Å². The number of rotatable bonds is 4. The quantitative estimate of drug-likeness (QED) is 0.627. The number of anilines is 1. The number of para-hydroxylation sites is 2. The van der Waals surface area contributed by atoms with Crippen LogP contribution >= 0.6 is 0 Å². The lowest BCUT2D eigenvalue weighted by Gasteiger charge is -2.33. The summed E-state index contributed by atoms with van der Waals surface area (Å²) in [5.41, 5.74) is 3.59. The first-order valence-corrected chi connectivity index (χ1v) is 11.5. The number of hydrogen-bond donors (Lipinski definition) is 0. The minimum absolute atomic E-state index is 0.0543. The van der Waals surface area contributed by atoms with Crippen LogP contribution in [0.4, 0.5) is 5.82 Å². The van der Waals surface area contributed by atoms with E-state index in [1.165, 1.54) is 5.56 Å². The molecule has 0 unspecified atom stereocenters. The van der Waals surface area contributed by atoms with Gasteiger partial charge in [0.2, 0.25) is 5.91 Å². The molecule has 0 spiro atoms. The van der Waals surface area contributed by atoms with E-state index in [9.17, 15) is 9.59 Å². The summed E-state index contributed by atoms with van der Waals surface area (Å²) < 4.78 is 6.82. The molecule has 8 nitrogen and oxygen atoms in total. The van der Waals surface area contributed by atoms with E-state index in [0.717, 1.165) is 61.6 Å².